The van der Waals surface area contributed by atoms with Crippen LogP contribution < -0.4 is 4.74 Å². The Kier molecular flexibility index (Phi) is 4.58. The van der Waals surface area contributed by atoms with Crippen molar-refractivity contribution in [1.29, 1.82) is 10.5 Å². The van der Waals surface area contributed by atoms with Crippen molar-refractivity contribution >= 4 is 11.8 Å². The first kappa shape index (κ1) is 17.8. The van der Waals surface area contributed by atoms with Gasteiger partial charge in [0.25, 0.3) is 0 Å². The zero-order chi connectivity index (χ0) is 18.9. The van der Waals surface area contributed by atoms with Crippen molar-refractivity contribution in [2.75, 3.05) is 0 Å². The van der Waals surface area contributed by atoms with Crippen LogP contribution in [0.15, 0.2) is 40.4 Å². The quantitative estimate of drug-likeness (QED) is 0.683. The lowest BCUT2D eigenvalue weighted by Crippen LogP contribution is -2.21. The summed E-state index contributed by atoms with van der Waals surface area (Å²) in [5.41, 5.74) is -0.0511. The first-order chi connectivity index (χ1) is 12.4. The highest BCUT2D eigenvalue weighted by atomic mass is 32.2. The second-order valence-corrected chi connectivity index (χ2v) is 6.66. The number of nitrogens with zero attached hydrogens (tertiary/aromatic N) is 3. The second-order valence-electron chi connectivity index (χ2n) is 5.42. The number of nitroso groups, excluding NO2 is 1. The number of hydrogen-bond donors (Lipinski definition) is 0. The number of ether oxygens (including phenoxy) is 1. The largest absolute Gasteiger partial charge is 0.456 e. The third-order valence-electron chi connectivity index (χ3n) is 3.66. The number of fused-ring (bicyclic) bond motifs is 1. The lowest BCUT2D eigenvalue weighted by molar-refractivity contribution is 0.0836. The van der Waals surface area contributed by atoms with E-state index < -0.39 is 23.5 Å². The summed E-state index contributed by atoms with van der Waals surface area (Å²) in [6, 6.07) is 8.08. The van der Waals surface area contributed by atoms with E-state index in [9.17, 15) is 23.3 Å². The highest BCUT2D eigenvalue weighted by Gasteiger charge is 2.43. The fourth-order valence-corrected chi connectivity index (χ4v) is 3.68. The number of rotatable bonds is 3. The predicted octanol–water partition coefficient (Wildman–Crippen LogP) is 5.26. The molecule has 2 aromatic rings. The molecule has 3 rings (SSSR count). The van der Waals surface area contributed by atoms with Gasteiger partial charge in [0.05, 0.1) is 18.1 Å². The number of halogens is 3. The van der Waals surface area contributed by atoms with E-state index >= 15 is 0 Å². The van der Waals surface area contributed by atoms with Crippen LogP contribution in [-0.4, -0.2) is 5.25 Å². The summed E-state index contributed by atoms with van der Waals surface area (Å²) in [4.78, 5) is 11.1. The fourth-order valence-electron chi connectivity index (χ4n) is 2.63. The van der Waals surface area contributed by atoms with Crippen molar-refractivity contribution in [3.8, 4) is 23.6 Å². The molecule has 0 saturated heterocycles. The van der Waals surface area contributed by atoms with Crippen LogP contribution in [-0.2, 0) is 0 Å². The van der Waals surface area contributed by atoms with Gasteiger partial charge in [-0.15, -0.1) is 0 Å². The van der Waals surface area contributed by atoms with Gasteiger partial charge in [0.1, 0.15) is 35.0 Å². The van der Waals surface area contributed by atoms with Gasteiger partial charge in [-0.25, -0.2) is 4.39 Å². The molecule has 2 aromatic carbocycles. The Labute approximate surface area is 150 Å². The van der Waals surface area contributed by atoms with Crippen LogP contribution in [0.2, 0.25) is 0 Å². The first-order valence-corrected chi connectivity index (χ1v) is 8.03. The van der Waals surface area contributed by atoms with Crippen LogP contribution in [0, 0.1) is 33.4 Å². The van der Waals surface area contributed by atoms with E-state index in [1.807, 2.05) is 6.07 Å². The molecule has 0 spiro atoms. The van der Waals surface area contributed by atoms with Crippen molar-refractivity contribution in [2.24, 2.45) is 5.18 Å². The van der Waals surface area contributed by atoms with Gasteiger partial charge in [-0.1, -0.05) is 16.9 Å². The summed E-state index contributed by atoms with van der Waals surface area (Å²) in [5.74, 6) is -0.791. The average molecular weight is 375 g/mol. The van der Waals surface area contributed by atoms with Crippen LogP contribution in [0.25, 0.3) is 0 Å². The Morgan fingerprint density at radius 2 is 2.00 bits per heavy atom. The lowest BCUT2D eigenvalue weighted by atomic mass is 9.97. The van der Waals surface area contributed by atoms with Crippen molar-refractivity contribution in [3.63, 3.8) is 0 Å². The first-order valence-electron chi connectivity index (χ1n) is 7.21. The van der Waals surface area contributed by atoms with E-state index in [1.54, 1.807) is 6.07 Å². The molecule has 0 bridgehead atoms. The molecule has 5 nitrogen and oxygen atoms in total. The number of hydrogen-bond acceptors (Lipinski definition) is 6. The van der Waals surface area contributed by atoms with Gasteiger partial charge in [-0.3, -0.25) is 0 Å². The van der Waals surface area contributed by atoms with Gasteiger partial charge in [-0.05, 0) is 24.3 Å². The Bertz CT molecular complexity index is 982. The summed E-state index contributed by atoms with van der Waals surface area (Å²) >= 11 is 0.244. The second kappa shape index (κ2) is 6.70. The molecule has 0 saturated carbocycles. The third kappa shape index (κ3) is 3.35. The SMILES string of the molecule is N#Cc1cc(F)cc(Oc2ccc3c(c2C#N)C(N=O)CC(F)(F)S3)c1. The van der Waals surface area contributed by atoms with Crippen molar-refractivity contribution < 1.29 is 17.9 Å². The molecule has 0 aromatic heterocycles. The monoisotopic (exact) mass is 375 g/mol. The van der Waals surface area contributed by atoms with Crippen LogP contribution in [0.1, 0.15) is 29.2 Å². The van der Waals surface area contributed by atoms with Crippen LogP contribution in [0.3, 0.4) is 0 Å². The number of benzene rings is 2. The zero-order valence-corrected chi connectivity index (χ0v) is 13.7. The fraction of sp³-hybridized carbons (Fsp3) is 0.176. The molecule has 0 fully saturated rings. The smallest absolute Gasteiger partial charge is 0.300 e. The van der Waals surface area contributed by atoms with Gasteiger partial charge >= 0.3 is 5.25 Å². The van der Waals surface area contributed by atoms with Gasteiger partial charge < -0.3 is 4.74 Å². The van der Waals surface area contributed by atoms with Crippen LogP contribution >= 0.6 is 11.8 Å². The maximum atomic E-state index is 13.7. The van der Waals surface area contributed by atoms with E-state index in [2.05, 4.69) is 5.18 Å². The van der Waals surface area contributed by atoms with Crippen LogP contribution in [0.5, 0.6) is 11.5 Å². The molecule has 0 amide bonds. The molecule has 0 radical (unpaired) electrons. The van der Waals surface area contributed by atoms with E-state index in [-0.39, 0.29) is 44.8 Å². The molecular formula is C17H8F3N3O2S. The number of thioether (sulfide) groups is 1. The lowest BCUT2D eigenvalue weighted by Gasteiger charge is -2.28. The molecule has 0 N–H and O–H groups in total. The average Bonchev–Trinajstić information content (AvgIpc) is 2.59. The molecule has 26 heavy (non-hydrogen) atoms. The summed E-state index contributed by atoms with van der Waals surface area (Å²) < 4.78 is 46.4. The summed E-state index contributed by atoms with van der Waals surface area (Å²) in [5, 5.41) is 17.9. The number of nitriles is 2. The van der Waals surface area contributed by atoms with Gasteiger partial charge in [0.2, 0.25) is 0 Å². The normalized spacial score (nSPS) is 17.5. The van der Waals surface area contributed by atoms with Gasteiger partial charge in [0.15, 0.2) is 0 Å². The summed E-state index contributed by atoms with van der Waals surface area (Å²) in [7, 11) is 0. The molecule has 1 unspecified atom stereocenters. The van der Waals surface area contributed by atoms with Crippen molar-refractivity contribution in [1.82, 2.24) is 0 Å². The Hall–Kier alpha value is -3.04. The Morgan fingerprint density at radius 1 is 1.23 bits per heavy atom. The van der Waals surface area contributed by atoms with Gasteiger partial charge in [0, 0.05) is 16.5 Å². The third-order valence-corrected chi connectivity index (χ3v) is 4.70. The maximum Gasteiger partial charge on any atom is 0.300 e. The van der Waals surface area contributed by atoms with Crippen LogP contribution in [0.4, 0.5) is 13.2 Å². The molecule has 130 valence electrons. The van der Waals surface area contributed by atoms with Crippen molar-refractivity contribution in [2.45, 2.75) is 22.6 Å². The molecule has 1 heterocycles. The predicted molar refractivity (Wildman–Crippen MR) is 86.3 cm³/mol. The Balaban J connectivity index is 2.09. The van der Waals surface area contributed by atoms with E-state index in [0.29, 0.717) is 0 Å². The summed E-state index contributed by atoms with van der Waals surface area (Å²) in [6.45, 7) is 0. The van der Waals surface area contributed by atoms with E-state index in [1.165, 1.54) is 18.2 Å². The van der Waals surface area contributed by atoms with E-state index in [0.717, 1.165) is 12.1 Å². The minimum Gasteiger partial charge on any atom is -0.456 e. The molecule has 9 heteroatoms. The topological polar surface area (TPSA) is 86.2 Å². The molecule has 0 aliphatic carbocycles. The molecule has 1 atom stereocenters. The maximum absolute atomic E-state index is 13.7. The zero-order valence-electron chi connectivity index (χ0n) is 12.9. The highest BCUT2D eigenvalue weighted by molar-refractivity contribution is 8.00. The minimum atomic E-state index is -3.18. The molecule has 1 aliphatic rings. The van der Waals surface area contributed by atoms with E-state index in [4.69, 9.17) is 10.00 Å². The van der Waals surface area contributed by atoms with Gasteiger partial charge in [-0.2, -0.15) is 24.2 Å². The van der Waals surface area contributed by atoms with Crippen molar-refractivity contribution in [3.05, 3.63) is 57.7 Å². The minimum absolute atomic E-state index is 0.0131. The highest BCUT2D eigenvalue weighted by Crippen LogP contribution is 2.53. The Morgan fingerprint density at radius 3 is 2.65 bits per heavy atom. The number of alkyl halides is 2. The molecule has 1 aliphatic heterocycles. The molecular weight excluding hydrogens is 367 g/mol. The standard InChI is InChI=1S/C17H8F3N3O2S/c18-10-3-9(7-21)4-11(5-10)25-14-1-2-15-16(12(14)8-22)13(23-24)6-17(19,20)26-15/h1-5,13H,6H2. The summed E-state index contributed by atoms with van der Waals surface area (Å²) in [6.07, 6.45) is -0.829.